The molecule has 0 radical (unpaired) electrons. The molecule has 2 heteroatoms. The maximum Gasteiger partial charge on any atom is 0.121 e. The van der Waals surface area contributed by atoms with Gasteiger partial charge in [0.2, 0.25) is 0 Å². The van der Waals surface area contributed by atoms with Crippen molar-refractivity contribution in [2.75, 3.05) is 0 Å². The Balaban J connectivity index is 2.64. The van der Waals surface area contributed by atoms with Crippen LogP contribution in [0.25, 0.3) is 11.1 Å². The quantitative estimate of drug-likeness (QED) is 0.858. The maximum atomic E-state index is 10.1. The molecule has 2 aromatic rings. The summed E-state index contributed by atoms with van der Waals surface area (Å²) in [5.74, 6) is 0.666. The Labute approximate surface area is 114 Å². The van der Waals surface area contributed by atoms with Crippen LogP contribution in [0.15, 0.2) is 30.3 Å². The lowest BCUT2D eigenvalue weighted by Crippen LogP contribution is -1.96. The summed E-state index contributed by atoms with van der Waals surface area (Å²) >= 11 is 0. The lowest BCUT2D eigenvalue weighted by molar-refractivity contribution is 0.466. The minimum atomic E-state index is 0.271. The zero-order chi connectivity index (χ0) is 14.0. The summed E-state index contributed by atoms with van der Waals surface area (Å²) in [5, 5.41) is 19.5. The molecule has 0 aliphatic rings. The molecule has 2 rings (SSSR count). The third-order valence-electron chi connectivity index (χ3n) is 3.55. The molecule has 0 heterocycles. The van der Waals surface area contributed by atoms with Crippen LogP contribution in [0.2, 0.25) is 0 Å². The summed E-state index contributed by atoms with van der Waals surface area (Å²) < 4.78 is 0. The Kier molecular flexibility index (Phi) is 3.79. The number of rotatable bonds is 3. The lowest BCUT2D eigenvalue weighted by Gasteiger charge is -2.16. The van der Waals surface area contributed by atoms with Gasteiger partial charge in [0.25, 0.3) is 0 Å². The van der Waals surface area contributed by atoms with Crippen LogP contribution in [0.3, 0.4) is 0 Å². The topological polar surface area (TPSA) is 40.5 Å². The number of hydrogen-bond acceptors (Lipinski definition) is 2. The van der Waals surface area contributed by atoms with E-state index in [9.17, 15) is 10.2 Å². The van der Waals surface area contributed by atoms with Gasteiger partial charge in [-0.15, -0.1) is 0 Å². The van der Waals surface area contributed by atoms with Crippen LogP contribution in [-0.4, -0.2) is 10.2 Å². The Morgan fingerprint density at radius 1 is 1.00 bits per heavy atom. The Morgan fingerprint density at radius 3 is 2.21 bits per heavy atom. The van der Waals surface area contributed by atoms with E-state index in [2.05, 4.69) is 6.92 Å². The number of phenolic OH excluding ortho intramolecular Hbond substituents is 2. The van der Waals surface area contributed by atoms with Crippen LogP contribution >= 0.6 is 0 Å². The third-order valence-corrected chi connectivity index (χ3v) is 3.55. The van der Waals surface area contributed by atoms with E-state index in [1.165, 1.54) is 5.56 Å². The highest BCUT2D eigenvalue weighted by atomic mass is 16.3. The highest BCUT2D eigenvalue weighted by Crippen LogP contribution is 2.35. The first-order valence-electron chi connectivity index (χ1n) is 6.66. The van der Waals surface area contributed by atoms with Crippen molar-refractivity contribution in [3.63, 3.8) is 0 Å². The molecule has 2 N–H and O–H groups in total. The van der Waals surface area contributed by atoms with E-state index in [0.29, 0.717) is 5.75 Å². The van der Waals surface area contributed by atoms with Gasteiger partial charge in [-0.3, -0.25) is 0 Å². The number of phenols is 2. The van der Waals surface area contributed by atoms with Crippen LogP contribution in [0.4, 0.5) is 0 Å². The van der Waals surface area contributed by atoms with Crippen LogP contribution < -0.4 is 0 Å². The molecule has 2 aromatic carbocycles. The Hall–Kier alpha value is -1.96. The fourth-order valence-corrected chi connectivity index (χ4v) is 2.48. The van der Waals surface area contributed by atoms with Crippen molar-refractivity contribution in [3.8, 4) is 22.6 Å². The van der Waals surface area contributed by atoms with Gasteiger partial charge in [-0.2, -0.15) is 0 Å². The van der Waals surface area contributed by atoms with Gasteiger partial charge in [0.15, 0.2) is 0 Å². The van der Waals surface area contributed by atoms with Crippen molar-refractivity contribution in [1.82, 2.24) is 0 Å². The van der Waals surface area contributed by atoms with Crippen molar-refractivity contribution in [3.05, 3.63) is 47.0 Å². The average molecular weight is 256 g/mol. The molecule has 100 valence electrons. The molecule has 0 aromatic heterocycles. The summed E-state index contributed by atoms with van der Waals surface area (Å²) in [7, 11) is 0. The second kappa shape index (κ2) is 5.35. The first-order valence-corrected chi connectivity index (χ1v) is 6.66. The molecule has 0 unspecified atom stereocenters. The summed E-state index contributed by atoms with van der Waals surface area (Å²) in [6, 6.07) is 9.25. The van der Waals surface area contributed by atoms with Gasteiger partial charge in [0, 0.05) is 0 Å². The average Bonchev–Trinajstić information content (AvgIpc) is 2.40. The molecular weight excluding hydrogens is 236 g/mol. The molecule has 0 saturated carbocycles. The summed E-state index contributed by atoms with van der Waals surface area (Å²) in [6.07, 6.45) is 1.98. The van der Waals surface area contributed by atoms with Crippen molar-refractivity contribution < 1.29 is 10.2 Å². The highest BCUT2D eigenvalue weighted by Gasteiger charge is 2.13. The molecule has 0 aliphatic carbocycles. The van der Waals surface area contributed by atoms with E-state index < -0.39 is 0 Å². The van der Waals surface area contributed by atoms with Crippen molar-refractivity contribution in [2.45, 2.75) is 33.6 Å². The fourth-order valence-electron chi connectivity index (χ4n) is 2.48. The SMILES string of the molecule is CCCc1c(-c2ccc(O)cc2)cc(C)c(O)c1C. The van der Waals surface area contributed by atoms with E-state index in [1.54, 1.807) is 12.1 Å². The van der Waals surface area contributed by atoms with Crippen LogP contribution in [-0.2, 0) is 6.42 Å². The van der Waals surface area contributed by atoms with Gasteiger partial charge in [-0.05, 0) is 66.3 Å². The van der Waals surface area contributed by atoms with E-state index in [-0.39, 0.29) is 5.75 Å². The molecule has 0 atom stereocenters. The van der Waals surface area contributed by atoms with Gasteiger partial charge in [0.1, 0.15) is 11.5 Å². The van der Waals surface area contributed by atoms with Crippen molar-refractivity contribution in [1.29, 1.82) is 0 Å². The zero-order valence-electron chi connectivity index (χ0n) is 11.7. The largest absolute Gasteiger partial charge is 0.508 e. The number of hydrogen-bond donors (Lipinski definition) is 2. The molecule has 0 bridgehead atoms. The first kappa shape index (κ1) is 13.5. The fraction of sp³-hybridized carbons (Fsp3) is 0.294. The van der Waals surface area contributed by atoms with Crippen LogP contribution in [0.1, 0.15) is 30.0 Å². The molecule has 0 spiro atoms. The summed E-state index contributed by atoms with van der Waals surface area (Å²) in [5.41, 5.74) is 5.27. The summed E-state index contributed by atoms with van der Waals surface area (Å²) in [4.78, 5) is 0. The minimum absolute atomic E-state index is 0.271. The molecule has 0 fully saturated rings. The second-order valence-corrected chi connectivity index (χ2v) is 4.99. The van der Waals surface area contributed by atoms with Gasteiger partial charge < -0.3 is 10.2 Å². The Bertz CT molecular complexity index is 583. The zero-order valence-corrected chi connectivity index (χ0v) is 11.7. The van der Waals surface area contributed by atoms with E-state index >= 15 is 0 Å². The molecule has 0 amide bonds. The highest BCUT2D eigenvalue weighted by molar-refractivity contribution is 5.72. The van der Waals surface area contributed by atoms with Gasteiger partial charge >= 0.3 is 0 Å². The first-order chi connectivity index (χ1) is 9.04. The van der Waals surface area contributed by atoms with E-state index in [1.807, 2.05) is 32.0 Å². The predicted molar refractivity (Wildman–Crippen MR) is 78.7 cm³/mol. The standard InChI is InChI=1S/C17H20O2/c1-4-5-15-12(3)17(19)11(2)10-16(15)13-6-8-14(18)9-7-13/h6-10,18-19H,4-5H2,1-3H3. The van der Waals surface area contributed by atoms with Crippen LogP contribution in [0.5, 0.6) is 11.5 Å². The van der Waals surface area contributed by atoms with E-state index in [4.69, 9.17) is 0 Å². The summed E-state index contributed by atoms with van der Waals surface area (Å²) in [6.45, 7) is 6.02. The van der Waals surface area contributed by atoms with Gasteiger partial charge in [0.05, 0.1) is 0 Å². The van der Waals surface area contributed by atoms with Crippen LogP contribution in [0, 0.1) is 13.8 Å². The predicted octanol–water partition coefficient (Wildman–Crippen LogP) is 4.33. The normalized spacial score (nSPS) is 10.7. The number of aromatic hydroxyl groups is 2. The van der Waals surface area contributed by atoms with E-state index in [0.717, 1.165) is 35.1 Å². The molecule has 0 saturated heterocycles. The minimum Gasteiger partial charge on any atom is -0.508 e. The number of aryl methyl sites for hydroxylation is 1. The molecule has 0 aliphatic heterocycles. The molecule has 19 heavy (non-hydrogen) atoms. The number of benzene rings is 2. The van der Waals surface area contributed by atoms with Crippen molar-refractivity contribution >= 4 is 0 Å². The maximum absolute atomic E-state index is 10.1. The third kappa shape index (κ3) is 2.58. The van der Waals surface area contributed by atoms with Gasteiger partial charge in [-0.1, -0.05) is 25.5 Å². The molecule has 2 nitrogen and oxygen atoms in total. The Morgan fingerprint density at radius 2 is 1.63 bits per heavy atom. The monoisotopic (exact) mass is 256 g/mol. The van der Waals surface area contributed by atoms with Crippen molar-refractivity contribution in [2.24, 2.45) is 0 Å². The smallest absolute Gasteiger partial charge is 0.121 e. The van der Waals surface area contributed by atoms with Gasteiger partial charge in [-0.25, -0.2) is 0 Å². The second-order valence-electron chi connectivity index (χ2n) is 4.99. The lowest BCUT2D eigenvalue weighted by atomic mass is 9.90. The molecular formula is C17H20O2.